The Morgan fingerprint density at radius 3 is 1.90 bits per heavy atom. The van der Waals surface area contributed by atoms with Gasteiger partial charge in [-0.3, -0.25) is 9.59 Å². The Morgan fingerprint density at radius 1 is 1.00 bits per heavy atom. The zero-order chi connectivity index (χ0) is 16.4. The van der Waals surface area contributed by atoms with Crippen LogP contribution in [0.5, 0.6) is 0 Å². The molecule has 0 saturated carbocycles. The van der Waals surface area contributed by atoms with Gasteiger partial charge in [-0.15, -0.1) is 0 Å². The zero-order valence-corrected chi connectivity index (χ0v) is 12.8. The average molecular weight is 303 g/mol. The predicted molar refractivity (Wildman–Crippen MR) is 70.2 cm³/mol. The lowest BCUT2D eigenvalue weighted by Gasteiger charge is -2.32. The fraction of sp³-hybridized carbons (Fsp3) is 0.769. The van der Waals surface area contributed by atoms with Crippen molar-refractivity contribution >= 4 is 11.9 Å². The minimum absolute atomic E-state index is 0.0116. The molecule has 0 aliphatic heterocycles. The van der Waals surface area contributed by atoms with Gasteiger partial charge in [-0.25, -0.2) is 0 Å². The molecule has 21 heavy (non-hydrogen) atoms. The highest BCUT2D eigenvalue weighted by atomic mass is 16.6. The number of nitrogens with zero attached hydrogens (tertiary/aromatic N) is 1. The number of methoxy groups -OCH3 is 3. The molecule has 4 unspecified atom stereocenters. The fourth-order valence-electron chi connectivity index (χ4n) is 1.82. The summed E-state index contributed by atoms with van der Waals surface area (Å²) in [5.74, 6) is -1.16. The predicted octanol–water partition coefficient (Wildman–Crippen LogP) is 0.0498. The third-order valence-electron chi connectivity index (χ3n) is 2.59. The van der Waals surface area contributed by atoms with Gasteiger partial charge in [0.1, 0.15) is 6.10 Å². The molecule has 0 heterocycles. The highest BCUT2D eigenvalue weighted by Crippen LogP contribution is 2.17. The van der Waals surface area contributed by atoms with E-state index in [-0.39, 0.29) is 6.61 Å². The number of esters is 2. The molecule has 0 aliphatic carbocycles. The van der Waals surface area contributed by atoms with Crippen LogP contribution < -0.4 is 0 Å². The largest absolute Gasteiger partial charge is 0.457 e. The lowest BCUT2D eigenvalue weighted by atomic mass is 10.0. The van der Waals surface area contributed by atoms with E-state index in [1.165, 1.54) is 35.2 Å². The molecule has 4 atom stereocenters. The van der Waals surface area contributed by atoms with Crippen molar-refractivity contribution < 1.29 is 33.3 Å². The second-order valence-electron chi connectivity index (χ2n) is 4.16. The molecular weight excluding hydrogens is 282 g/mol. The molecule has 0 fully saturated rings. The van der Waals surface area contributed by atoms with Crippen LogP contribution in [0.2, 0.25) is 0 Å². The van der Waals surface area contributed by atoms with Gasteiger partial charge in [0.15, 0.2) is 18.3 Å². The molecule has 120 valence electrons. The van der Waals surface area contributed by atoms with Gasteiger partial charge in [-0.2, -0.15) is 5.26 Å². The van der Waals surface area contributed by atoms with Crippen molar-refractivity contribution in [2.75, 3.05) is 27.9 Å². The molecule has 0 saturated heterocycles. The summed E-state index contributed by atoms with van der Waals surface area (Å²) in [4.78, 5) is 22.4. The summed E-state index contributed by atoms with van der Waals surface area (Å²) in [6.07, 6.45) is -3.91. The van der Waals surface area contributed by atoms with Crippen LogP contribution in [-0.4, -0.2) is 64.3 Å². The van der Waals surface area contributed by atoms with Gasteiger partial charge in [0, 0.05) is 35.2 Å². The van der Waals surface area contributed by atoms with E-state index in [1.807, 2.05) is 6.07 Å². The number of carbonyl (C=O) groups is 2. The molecule has 0 aromatic heterocycles. The van der Waals surface area contributed by atoms with Crippen LogP contribution in [0.4, 0.5) is 0 Å². The summed E-state index contributed by atoms with van der Waals surface area (Å²) in [6, 6.07) is 1.86. The molecular formula is C13H21NO7. The van der Waals surface area contributed by atoms with Gasteiger partial charge in [-0.05, 0) is 0 Å². The minimum atomic E-state index is -1.08. The quantitative estimate of drug-likeness (QED) is 0.550. The first kappa shape index (κ1) is 19.3. The van der Waals surface area contributed by atoms with E-state index >= 15 is 0 Å². The van der Waals surface area contributed by atoms with Crippen LogP contribution in [0.3, 0.4) is 0 Å². The Bertz CT molecular complexity index is 379. The van der Waals surface area contributed by atoms with Crippen LogP contribution in [0.15, 0.2) is 0 Å². The van der Waals surface area contributed by atoms with E-state index in [0.29, 0.717) is 0 Å². The summed E-state index contributed by atoms with van der Waals surface area (Å²) in [5.41, 5.74) is 0. The van der Waals surface area contributed by atoms with Crippen LogP contribution in [0.25, 0.3) is 0 Å². The lowest BCUT2D eigenvalue weighted by Crippen LogP contribution is -2.51. The maximum absolute atomic E-state index is 11.2. The van der Waals surface area contributed by atoms with Gasteiger partial charge in [0.05, 0.1) is 12.7 Å². The van der Waals surface area contributed by atoms with Crippen LogP contribution in [0, 0.1) is 11.3 Å². The highest BCUT2D eigenvalue weighted by Gasteiger charge is 2.40. The van der Waals surface area contributed by atoms with E-state index in [1.54, 1.807) is 0 Å². The summed E-state index contributed by atoms with van der Waals surface area (Å²) in [5, 5.41) is 9.09. The number of nitriles is 1. The second-order valence-corrected chi connectivity index (χ2v) is 4.16. The molecule has 0 aromatic rings. The summed E-state index contributed by atoms with van der Waals surface area (Å²) in [7, 11) is 4.06. The first-order valence-electron chi connectivity index (χ1n) is 6.19. The van der Waals surface area contributed by atoms with Crippen molar-refractivity contribution in [3.05, 3.63) is 0 Å². The van der Waals surface area contributed by atoms with E-state index in [2.05, 4.69) is 0 Å². The lowest BCUT2D eigenvalue weighted by molar-refractivity contribution is -0.185. The molecule has 8 heteroatoms. The van der Waals surface area contributed by atoms with E-state index < -0.39 is 36.4 Å². The number of carbonyl (C=O) groups excluding carboxylic acids is 2. The molecule has 0 aliphatic rings. The van der Waals surface area contributed by atoms with E-state index in [0.717, 1.165) is 0 Å². The number of hydrogen-bond donors (Lipinski definition) is 0. The minimum Gasteiger partial charge on any atom is -0.457 e. The fourth-order valence-corrected chi connectivity index (χ4v) is 1.82. The van der Waals surface area contributed by atoms with Gasteiger partial charge >= 0.3 is 11.9 Å². The van der Waals surface area contributed by atoms with Crippen molar-refractivity contribution in [2.45, 2.75) is 38.3 Å². The molecule has 0 rings (SSSR count). The van der Waals surface area contributed by atoms with Gasteiger partial charge in [0.2, 0.25) is 0 Å². The van der Waals surface area contributed by atoms with Crippen LogP contribution in [-0.2, 0) is 33.3 Å². The second kappa shape index (κ2) is 10.1. The third kappa shape index (κ3) is 6.53. The number of ether oxygens (including phenoxy) is 5. The summed E-state index contributed by atoms with van der Waals surface area (Å²) < 4.78 is 25.4. The van der Waals surface area contributed by atoms with Crippen molar-refractivity contribution in [3.8, 4) is 6.07 Å². The Morgan fingerprint density at radius 2 is 1.57 bits per heavy atom. The molecule has 0 spiro atoms. The van der Waals surface area contributed by atoms with Gasteiger partial charge < -0.3 is 23.7 Å². The Labute approximate surface area is 123 Å². The van der Waals surface area contributed by atoms with Crippen LogP contribution >= 0.6 is 0 Å². The van der Waals surface area contributed by atoms with Crippen molar-refractivity contribution in [1.29, 1.82) is 5.26 Å². The molecule has 0 bridgehead atoms. The topological polar surface area (TPSA) is 104 Å². The molecule has 0 aromatic carbocycles. The molecule has 8 nitrogen and oxygen atoms in total. The Kier molecular flexibility index (Phi) is 9.28. The third-order valence-corrected chi connectivity index (χ3v) is 2.59. The van der Waals surface area contributed by atoms with Crippen molar-refractivity contribution in [2.24, 2.45) is 0 Å². The SMILES string of the molecule is COCC(OC(C)=O)C(OC)C(OC(C)=O)C(C#N)OC. The normalized spacial score (nSPS) is 16.2. The molecule has 0 N–H and O–H groups in total. The first-order chi connectivity index (χ1) is 9.90. The van der Waals surface area contributed by atoms with E-state index in [9.17, 15) is 9.59 Å². The van der Waals surface area contributed by atoms with Gasteiger partial charge in [0.25, 0.3) is 0 Å². The van der Waals surface area contributed by atoms with Crippen LogP contribution in [0.1, 0.15) is 13.8 Å². The maximum Gasteiger partial charge on any atom is 0.303 e. The standard InChI is InChI=1S/C13H21NO7/c1-8(15)20-11(7-17-3)12(19-5)13(21-9(2)16)10(6-14)18-4/h10-13H,7H2,1-5H3. The Hall–Kier alpha value is -1.69. The average Bonchev–Trinajstić information content (AvgIpc) is 2.39. The number of hydrogen-bond acceptors (Lipinski definition) is 8. The summed E-state index contributed by atoms with van der Waals surface area (Å²) in [6.45, 7) is 2.44. The first-order valence-corrected chi connectivity index (χ1v) is 6.19. The number of rotatable bonds is 9. The van der Waals surface area contributed by atoms with Crippen molar-refractivity contribution in [3.63, 3.8) is 0 Å². The highest BCUT2D eigenvalue weighted by molar-refractivity contribution is 5.67. The maximum atomic E-state index is 11.2. The summed E-state index contributed by atoms with van der Waals surface area (Å²) >= 11 is 0. The molecule has 0 radical (unpaired) electrons. The van der Waals surface area contributed by atoms with Gasteiger partial charge in [-0.1, -0.05) is 0 Å². The molecule has 0 amide bonds. The zero-order valence-electron chi connectivity index (χ0n) is 12.8. The Balaban J connectivity index is 5.36. The van der Waals surface area contributed by atoms with Crippen molar-refractivity contribution in [1.82, 2.24) is 0 Å². The smallest absolute Gasteiger partial charge is 0.303 e. The van der Waals surface area contributed by atoms with E-state index in [4.69, 9.17) is 28.9 Å². The monoisotopic (exact) mass is 303 g/mol.